The van der Waals surface area contributed by atoms with Crippen molar-refractivity contribution in [1.29, 1.82) is 0 Å². The second-order valence-electron chi connectivity index (χ2n) is 7.52. The molecule has 0 unspecified atom stereocenters. The molecule has 1 fully saturated rings. The van der Waals surface area contributed by atoms with Gasteiger partial charge in [-0.15, -0.1) is 0 Å². The van der Waals surface area contributed by atoms with Crippen LogP contribution in [0.1, 0.15) is 40.9 Å². The number of amides is 2. The van der Waals surface area contributed by atoms with Gasteiger partial charge in [-0.2, -0.15) is 0 Å². The summed E-state index contributed by atoms with van der Waals surface area (Å²) in [4.78, 5) is 41.8. The maximum atomic E-state index is 13.6. The lowest BCUT2D eigenvalue weighted by Gasteiger charge is -2.26. The van der Waals surface area contributed by atoms with E-state index >= 15 is 0 Å². The molecule has 0 bridgehead atoms. The minimum absolute atomic E-state index is 0.0121. The molecule has 0 aliphatic carbocycles. The van der Waals surface area contributed by atoms with E-state index in [4.69, 9.17) is 0 Å². The van der Waals surface area contributed by atoms with Gasteiger partial charge in [0.2, 0.25) is 0 Å². The predicted octanol–water partition coefficient (Wildman–Crippen LogP) is 2.22. The van der Waals surface area contributed by atoms with Crippen LogP contribution in [-0.4, -0.2) is 47.9 Å². The lowest BCUT2D eigenvalue weighted by atomic mass is 10.1. The van der Waals surface area contributed by atoms with Crippen LogP contribution in [0.25, 0.3) is 11.6 Å². The van der Waals surface area contributed by atoms with Crippen molar-refractivity contribution in [2.24, 2.45) is 0 Å². The Kier molecular flexibility index (Phi) is 5.76. The fraction of sp³-hybridized carbons (Fsp3) is 0.318. The number of nitrogens with one attached hydrogen (secondary N) is 3. The second-order valence-corrected chi connectivity index (χ2v) is 7.52. The van der Waals surface area contributed by atoms with Gasteiger partial charge in [-0.05, 0) is 62.3 Å². The number of nitrogens with zero attached hydrogens (tertiary/aromatic N) is 1. The Morgan fingerprint density at radius 1 is 1.13 bits per heavy atom. The Morgan fingerprint density at radius 2 is 1.93 bits per heavy atom. The number of H-pyrrole nitrogens is 1. The summed E-state index contributed by atoms with van der Waals surface area (Å²) in [5.41, 5.74) is 1.02. The molecule has 156 valence electrons. The van der Waals surface area contributed by atoms with Gasteiger partial charge in [0, 0.05) is 30.0 Å². The molecule has 4 rings (SSSR count). The number of aromatic amines is 1. The molecule has 30 heavy (non-hydrogen) atoms. The van der Waals surface area contributed by atoms with Gasteiger partial charge >= 0.3 is 0 Å². The fourth-order valence-electron chi connectivity index (χ4n) is 3.82. The van der Waals surface area contributed by atoms with Crippen molar-refractivity contribution >= 4 is 29.2 Å². The number of likely N-dealkylation sites (tertiary alicyclic amines) is 1. The quantitative estimate of drug-likeness (QED) is 0.659. The second kappa shape index (κ2) is 8.62. The van der Waals surface area contributed by atoms with E-state index in [2.05, 4.69) is 20.5 Å². The van der Waals surface area contributed by atoms with E-state index in [1.54, 1.807) is 6.07 Å². The summed E-state index contributed by atoms with van der Waals surface area (Å²) in [6, 6.07) is 7.01. The highest BCUT2D eigenvalue weighted by Crippen LogP contribution is 2.33. The molecule has 0 radical (unpaired) electrons. The van der Waals surface area contributed by atoms with Crippen LogP contribution in [0.5, 0.6) is 0 Å². The number of fused-ring (bicyclic) bond motifs is 1. The predicted molar refractivity (Wildman–Crippen MR) is 113 cm³/mol. The molecule has 1 aromatic heterocycles. The number of halogens is 1. The molecule has 8 heteroatoms. The maximum Gasteiger partial charge on any atom is 0.261 e. The summed E-state index contributed by atoms with van der Waals surface area (Å²) < 4.78 is 13.6. The van der Waals surface area contributed by atoms with Gasteiger partial charge in [0.25, 0.3) is 17.4 Å². The van der Waals surface area contributed by atoms with Crippen molar-refractivity contribution in [2.75, 3.05) is 31.5 Å². The SMILES string of the molecule is O=C1Nc2ccc(F)cc2/C1=C/c1ccc(C(=O)NCCN2CCCCC2)c(=O)[nH]1. The van der Waals surface area contributed by atoms with E-state index in [0.29, 0.717) is 23.5 Å². The van der Waals surface area contributed by atoms with E-state index in [9.17, 15) is 18.8 Å². The summed E-state index contributed by atoms with van der Waals surface area (Å²) in [6.45, 7) is 3.33. The van der Waals surface area contributed by atoms with Gasteiger partial charge in [0.05, 0.1) is 5.57 Å². The first kappa shape index (κ1) is 20.0. The number of benzene rings is 1. The smallest absolute Gasteiger partial charge is 0.261 e. The Bertz CT molecular complexity index is 1070. The van der Waals surface area contributed by atoms with Gasteiger partial charge in [-0.3, -0.25) is 14.4 Å². The van der Waals surface area contributed by atoms with Gasteiger partial charge in [-0.25, -0.2) is 4.39 Å². The maximum absolute atomic E-state index is 13.6. The third-order valence-electron chi connectivity index (χ3n) is 5.40. The number of hydrogen-bond acceptors (Lipinski definition) is 4. The summed E-state index contributed by atoms with van der Waals surface area (Å²) in [7, 11) is 0. The van der Waals surface area contributed by atoms with Crippen molar-refractivity contribution in [2.45, 2.75) is 19.3 Å². The van der Waals surface area contributed by atoms with E-state index < -0.39 is 17.3 Å². The highest BCUT2D eigenvalue weighted by Gasteiger charge is 2.24. The van der Waals surface area contributed by atoms with E-state index in [0.717, 1.165) is 19.6 Å². The summed E-state index contributed by atoms with van der Waals surface area (Å²) in [5, 5.41) is 5.44. The van der Waals surface area contributed by atoms with Crippen LogP contribution in [0.2, 0.25) is 0 Å². The molecular formula is C22H23FN4O3. The van der Waals surface area contributed by atoms with Gasteiger partial charge in [0.1, 0.15) is 11.4 Å². The molecule has 2 aliphatic rings. The standard InChI is InChI=1S/C22H23FN4O3/c23-14-4-7-19-17(12-14)18(22(30)26-19)13-15-5-6-16(21(29)25-15)20(28)24-8-11-27-9-2-1-3-10-27/h4-7,12-13H,1-3,8-11H2,(H,24,28)(H,25,29)(H,26,30)/b18-13-. The van der Waals surface area contributed by atoms with Crippen molar-refractivity contribution in [3.63, 3.8) is 0 Å². The van der Waals surface area contributed by atoms with Crippen molar-refractivity contribution < 1.29 is 14.0 Å². The molecule has 2 amide bonds. The van der Waals surface area contributed by atoms with Crippen molar-refractivity contribution in [3.8, 4) is 0 Å². The molecule has 2 aromatic rings. The van der Waals surface area contributed by atoms with Gasteiger partial charge in [-0.1, -0.05) is 6.42 Å². The lowest BCUT2D eigenvalue weighted by Crippen LogP contribution is -2.38. The van der Waals surface area contributed by atoms with Crippen LogP contribution in [0.4, 0.5) is 10.1 Å². The Morgan fingerprint density at radius 3 is 2.70 bits per heavy atom. The van der Waals surface area contributed by atoms with E-state index in [-0.39, 0.29) is 17.0 Å². The topological polar surface area (TPSA) is 94.3 Å². The zero-order valence-electron chi connectivity index (χ0n) is 16.5. The van der Waals surface area contributed by atoms with Crippen LogP contribution >= 0.6 is 0 Å². The lowest BCUT2D eigenvalue weighted by molar-refractivity contribution is -0.110. The van der Waals surface area contributed by atoms with E-state index in [1.807, 2.05) is 0 Å². The highest BCUT2D eigenvalue weighted by molar-refractivity contribution is 6.34. The molecule has 1 aromatic carbocycles. The Labute approximate surface area is 173 Å². The molecule has 0 atom stereocenters. The first-order chi connectivity index (χ1) is 14.5. The summed E-state index contributed by atoms with van der Waals surface area (Å²) >= 11 is 0. The molecule has 0 saturated carbocycles. The van der Waals surface area contributed by atoms with Crippen LogP contribution in [-0.2, 0) is 4.79 Å². The monoisotopic (exact) mass is 410 g/mol. The Balaban J connectivity index is 1.45. The molecule has 1 saturated heterocycles. The largest absolute Gasteiger partial charge is 0.351 e. The average Bonchev–Trinajstić information content (AvgIpc) is 3.03. The first-order valence-corrected chi connectivity index (χ1v) is 10.1. The zero-order chi connectivity index (χ0) is 21.1. The Hall–Kier alpha value is -3.26. The number of aromatic nitrogens is 1. The van der Waals surface area contributed by atoms with Crippen LogP contribution in [0.15, 0.2) is 35.1 Å². The van der Waals surface area contributed by atoms with E-state index in [1.165, 1.54) is 49.6 Å². The third kappa shape index (κ3) is 4.33. The summed E-state index contributed by atoms with van der Waals surface area (Å²) in [6.07, 6.45) is 5.09. The zero-order valence-corrected chi connectivity index (χ0v) is 16.5. The van der Waals surface area contributed by atoms with Crippen LogP contribution in [0.3, 0.4) is 0 Å². The minimum Gasteiger partial charge on any atom is -0.351 e. The van der Waals surface area contributed by atoms with Crippen molar-refractivity contribution in [1.82, 2.24) is 15.2 Å². The highest BCUT2D eigenvalue weighted by atomic mass is 19.1. The van der Waals surface area contributed by atoms with Crippen LogP contribution < -0.4 is 16.2 Å². The summed E-state index contributed by atoms with van der Waals surface area (Å²) in [5.74, 6) is -1.27. The fourth-order valence-corrected chi connectivity index (χ4v) is 3.82. The van der Waals surface area contributed by atoms with Crippen LogP contribution in [0, 0.1) is 5.82 Å². The van der Waals surface area contributed by atoms with Gasteiger partial charge < -0.3 is 20.5 Å². The minimum atomic E-state index is -0.544. The number of piperidine rings is 1. The molecule has 3 N–H and O–H groups in total. The molecule has 7 nitrogen and oxygen atoms in total. The molecular weight excluding hydrogens is 387 g/mol. The molecule has 2 aliphatic heterocycles. The normalized spacial score (nSPS) is 17.6. The van der Waals surface area contributed by atoms with Crippen molar-refractivity contribution in [3.05, 3.63) is 63.3 Å². The first-order valence-electron chi connectivity index (χ1n) is 10.1. The number of pyridine rings is 1. The molecule has 0 spiro atoms. The number of carbonyl (C=O) groups excluding carboxylic acids is 2. The average molecular weight is 410 g/mol. The third-order valence-corrected chi connectivity index (χ3v) is 5.40. The van der Waals surface area contributed by atoms with Gasteiger partial charge in [0.15, 0.2) is 0 Å². The number of carbonyl (C=O) groups is 2. The molecule has 3 heterocycles. The number of rotatable bonds is 5. The number of anilines is 1. The number of hydrogen-bond donors (Lipinski definition) is 3.